The van der Waals surface area contributed by atoms with Crippen molar-refractivity contribution >= 4 is 0 Å². The van der Waals surface area contributed by atoms with Gasteiger partial charge in [0.1, 0.15) is 11.4 Å². The first-order chi connectivity index (χ1) is 10.3. The highest BCUT2D eigenvalue weighted by molar-refractivity contribution is 5.18. The summed E-state index contributed by atoms with van der Waals surface area (Å²) >= 11 is 0. The van der Waals surface area contributed by atoms with Crippen LogP contribution in [-0.4, -0.2) is 51.9 Å². The van der Waals surface area contributed by atoms with Gasteiger partial charge in [-0.25, -0.2) is 4.98 Å². The Kier molecular flexibility index (Phi) is 4.34. The van der Waals surface area contributed by atoms with Crippen LogP contribution in [0.25, 0.3) is 0 Å². The van der Waals surface area contributed by atoms with E-state index in [4.69, 9.17) is 4.74 Å². The summed E-state index contributed by atoms with van der Waals surface area (Å²) < 4.78 is 5.95. The summed E-state index contributed by atoms with van der Waals surface area (Å²) in [5, 5.41) is 9.87. The summed E-state index contributed by atoms with van der Waals surface area (Å²) in [7, 11) is 0. The fourth-order valence-corrected chi connectivity index (χ4v) is 2.88. The van der Waals surface area contributed by atoms with E-state index in [1.54, 1.807) is 6.20 Å². The SMILES string of the molecule is OCC1(Cc2ccccc2)CN(Cc2ncc[nH]2)CCO1. The highest BCUT2D eigenvalue weighted by Gasteiger charge is 2.36. The van der Waals surface area contributed by atoms with Gasteiger partial charge in [0.15, 0.2) is 0 Å². The van der Waals surface area contributed by atoms with E-state index in [1.165, 1.54) is 5.56 Å². The van der Waals surface area contributed by atoms with Crippen LogP contribution in [0.3, 0.4) is 0 Å². The van der Waals surface area contributed by atoms with Crippen LogP contribution in [0.4, 0.5) is 0 Å². The summed E-state index contributed by atoms with van der Waals surface area (Å²) in [6.45, 7) is 2.98. The molecule has 1 aliphatic rings. The topological polar surface area (TPSA) is 61.4 Å². The number of rotatable bonds is 5. The number of aromatic amines is 1. The largest absolute Gasteiger partial charge is 0.393 e. The summed E-state index contributed by atoms with van der Waals surface area (Å²) in [5.41, 5.74) is 0.665. The van der Waals surface area contributed by atoms with Crippen molar-refractivity contribution in [2.75, 3.05) is 26.3 Å². The Hall–Kier alpha value is -1.69. The van der Waals surface area contributed by atoms with Gasteiger partial charge < -0.3 is 14.8 Å². The van der Waals surface area contributed by atoms with Gasteiger partial charge in [-0.15, -0.1) is 0 Å². The number of aromatic nitrogens is 2. The van der Waals surface area contributed by atoms with Crippen LogP contribution in [0.1, 0.15) is 11.4 Å². The molecule has 1 atom stereocenters. The second kappa shape index (κ2) is 6.39. The molecule has 0 radical (unpaired) electrons. The Balaban J connectivity index is 1.69. The van der Waals surface area contributed by atoms with Crippen LogP contribution in [0, 0.1) is 0 Å². The van der Waals surface area contributed by atoms with Crippen LogP contribution < -0.4 is 0 Å². The molecule has 5 nitrogen and oxygen atoms in total. The average Bonchev–Trinajstić information content (AvgIpc) is 3.01. The van der Waals surface area contributed by atoms with Gasteiger partial charge in [-0.3, -0.25) is 4.90 Å². The zero-order chi connectivity index (χ0) is 14.5. The van der Waals surface area contributed by atoms with E-state index in [-0.39, 0.29) is 6.61 Å². The Morgan fingerprint density at radius 2 is 2.19 bits per heavy atom. The predicted molar refractivity (Wildman–Crippen MR) is 79.8 cm³/mol. The summed E-state index contributed by atoms with van der Waals surface area (Å²) in [5.74, 6) is 0.948. The summed E-state index contributed by atoms with van der Waals surface area (Å²) in [6.07, 6.45) is 4.32. The molecule has 1 saturated heterocycles. The molecule has 1 fully saturated rings. The van der Waals surface area contributed by atoms with Gasteiger partial charge in [0.2, 0.25) is 0 Å². The molecule has 1 unspecified atom stereocenters. The van der Waals surface area contributed by atoms with E-state index in [9.17, 15) is 5.11 Å². The van der Waals surface area contributed by atoms with Gasteiger partial charge in [-0.2, -0.15) is 0 Å². The quantitative estimate of drug-likeness (QED) is 0.868. The molecule has 0 amide bonds. The minimum atomic E-state index is -0.522. The molecule has 2 heterocycles. The zero-order valence-corrected chi connectivity index (χ0v) is 12.0. The first-order valence-corrected chi connectivity index (χ1v) is 7.29. The minimum Gasteiger partial charge on any atom is -0.393 e. The van der Waals surface area contributed by atoms with Gasteiger partial charge in [0.25, 0.3) is 0 Å². The molecule has 1 aromatic heterocycles. The molecular weight excluding hydrogens is 266 g/mol. The predicted octanol–water partition coefficient (Wildman–Crippen LogP) is 1.22. The first kappa shape index (κ1) is 14.3. The third-order valence-corrected chi connectivity index (χ3v) is 3.91. The second-order valence-corrected chi connectivity index (χ2v) is 5.60. The van der Waals surface area contributed by atoms with Crippen LogP contribution in [0.15, 0.2) is 42.7 Å². The number of benzene rings is 1. The summed E-state index contributed by atoms with van der Waals surface area (Å²) in [4.78, 5) is 9.67. The Morgan fingerprint density at radius 1 is 1.33 bits per heavy atom. The lowest BCUT2D eigenvalue weighted by Gasteiger charge is -2.41. The van der Waals surface area contributed by atoms with Crippen molar-refractivity contribution in [3.8, 4) is 0 Å². The van der Waals surface area contributed by atoms with Crippen molar-refractivity contribution in [1.82, 2.24) is 14.9 Å². The van der Waals surface area contributed by atoms with E-state index in [2.05, 4.69) is 27.0 Å². The Bertz CT molecular complexity index is 544. The van der Waals surface area contributed by atoms with E-state index in [0.717, 1.165) is 25.3 Å². The maximum absolute atomic E-state index is 9.87. The zero-order valence-electron chi connectivity index (χ0n) is 12.0. The van der Waals surface area contributed by atoms with Crippen molar-refractivity contribution < 1.29 is 9.84 Å². The van der Waals surface area contributed by atoms with Crippen LogP contribution in [0.2, 0.25) is 0 Å². The van der Waals surface area contributed by atoms with Crippen molar-refractivity contribution in [2.24, 2.45) is 0 Å². The third kappa shape index (κ3) is 3.50. The molecule has 1 aromatic carbocycles. The van der Waals surface area contributed by atoms with Gasteiger partial charge in [0, 0.05) is 31.9 Å². The normalized spacial score (nSPS) is 23.3. The van der Waals surface area contributed by atoms with E-state index >= 15 is 0 Å². The van der Waals surface area contributed by atoms with Crippen molar-refractivity contribution in [1.29, 1.82) is 0 Å². The molecule has 5 heteroatoms. The number of nitrogens with one attached hydrogen (secondary N) is 1. The van der Waals surface area contributed by atoms with Gasteiger partial charge in [-0.05, 0) is 5.56 Å². The molecule has 0 saturated carbocycles. The number of nitrogens with zero attached hydrogens (tertiary/aromatic N) is 2. The smallest absolute Gasteiger partial charge is 0.120 e. The van der Waals surface area contributed by atoms with Gasteiger partial charge in [0.05, 0.1) is 19.8 Å². The maximum Gasteiger partial charge on any atom is 0.120 e. The van der Waals surface area contributed by atoms with Crippen LogP contribution in [-0.2, 0) is 17.7 Å². The lowest BCUT2D eigenvalue weighted by atomic mass is 9.93. The fraction of sp³-hybridized carbons (Fsp3) is 0.438. The van der Waals surface area contributed by atoms with Gasteiger partial charge >= 0.3 is 0 Å². The molecule has 0 spiro atoms. The van der Waals surface area contributed by atoms with E-state index in [0.29, 0.717) is 13.2 Å². The first-order valence-electron chi connectivity index (χ1n) is 7.29. The second-order valence-electron chi connectivity index (χ2n) is 5.60. The average molecular weight is 287 g/mol. The monoisotopic (exact) mass is 287 g/mol. The van der Waals surface area contributed by atoms with Gasteiger partial charge in [-0.1, -0.05) is 30.3 Å². The number of ether oxygens (including phenoxy) is 1. The molecular formula is C16H21N3O2. The number of morpholine rings is 1. The number of aliphatic hydroxyl groups is 1. The molecule has 2 aromatic rings. The van der Waals surface area contributed by atoms with Crippen molar-refractivity contribution in [2.45, 2.75) is 18.6 Å². The molecule has 21 heavy (non-hydrogen) atoms. The third-order valence-electron chi connectivity index (χ3n) is 3.91. The van der Waals surface area contributed by atoms with Crippen LogP contribution in [0.5, 0.6) is 0 Å². The molecule has 0 aliphatic carbocycles. The number of aliphatic hydroxyl groups excluding tert-OH is 1. The fourth-order valence-electron chi connectivity index (χ4n) is 2.88. The molecule has 1 aliphatic heterocycles. The molecule has 3 rings (SSSR count). The highest BCUT2D eigenvalue weighted by atomic mass is 16.5. The maximum atomic E-state index is 9.87. The van der Waals surface area contributed by atoms with Crippen molar-refractivity contribution in [3.63, 3.8) is 0 Å². The highest BCUT2D eigenvalue weighted by Crippen LogP contribution is 2.23. The Morgan fingerprint density at radius 3 is 2.90 bits per heavy atom. The van der Waals surface area contributed by atoms with Crippen LogP contribution >= 0.6 is 0 Å². The van der Waals surface area contributed by atoms with Crippen molar-refractivity contribution in [3.05, 3.63) is 54.1 Å². The number of H-pyrrole nitrogens is 1. The van der Waals surface area contributed by atoms with E-state index < -0.39 is 5.60 Å². The number of hydrogen-bond acceptors (Lipinski definition) is 4. The number of hydrogen-bond donors (Lipinski definition) is 2. The minimum absolute atomic E-state index is 0.0244. The Labute approximate surface area is 124 Å². The summed E-state index contributed by atoms with van der Waals surface area (Å²) in [6, 6.07) is 10.2. The molecule has 2 N–H and O–H groups in total. The lowest BCUT2D eigenvalue weighted by Crippen LogP contribution is -2.55. The standard InChI is InChI=1S/C16H21N3O2/c20-13-16(10-14-4-2-1-3-5-14)12-19(8-9-21-16)11-15-17-6-7-18-15/h1-7,20H,8-13H2,(H,17,18). The molecule has 0 bridgehead atoms. The lowest BCUT2D eigenvalue weighted by molar-refractivity contribution is -0.134. The molecule has 112 valence electrons. The van der Waals surface area contributed by atoms with E-state index in [1.807, 2.05) is 24.4 Å². The number of imidazole rings is 1.